The minimum atomic E-state index is -3.43. The Balaban J connectivity index is 2.29. The van der Waals surface area contributed by atoms with Crippen molar-refractivity contribution in [1.82, 2.24) is 0 Å². The van der Waals surface area contributed by atoms with Gasteiger partial charge in [0.15, 0.2) is 0 Å². The minimum Gasteiger partial charge on any atom is -0.208 e. The highest BCUT2D eigenvalue weighted by molar-refractivity contribution is 8.16. The van der Waals surface area contributed by atoms with Gasteiger partial charge in [0.25, 0.3) is 9.05 Å². The molecule has 70 valence electrons. The minimum absolute atomic E-state index is 0.643. The standard InChI is InChI=1S/C7H11ClO2S2/c8-12(9,10)5-1-2-7-3-4-11-6-7/h1,5,7H,2-4,6H2/b5-1-. The van der Waals surface area contributed by atoms with Gasteiger partial charge in [0.1, 0.15) is 0 Å². The molecular formula is C7H11ClO2S2. The SMILES string of the molecule is O=S(=O)(Cl)/C=C\CC1CCSC1. The van der Waals surface area contributed by atoms with Gasteiger partial charge in [0.05, 0.1) is 0 Å². The Labute approximate surface area is 81.8 Å². The van der Waals surface area contributed by atoms with Crippen LogP contribution in [0.25, 0.3) is 0 Å². The summed E-state index contributed by atoms with van der Waals surface area (Å²) in [5.41, 5.74) is 0. The van der Waals surface area contributed by atoms with Crippen LogP contribution in [0.4, 0.5) is 0 Å². The lowest BCUT2D eigenvalue weighted by atomic mass is 10.1. The smallest absolute Gasteiger partial charge is 0.208 e. The molecule has 12 heavy (non-hydrogen) atoms. The molecule has 2 nitrogen and oxygen atoms in total. The number of hydrogen-bond acceptors (Lipinski definition) is 3. The molecule has 0 amide bonds. The molecule has 0 bridgehead atoms. The van der Waals surface area contributed by atoms with E-state index in [2.05, 4.69) is 0 Å². The van der Waals surface area contributed by atoms with Crippen molar-refractivity contribution in [2.45, 2.75) is 12.8 Å². The van der Waals surface area contributed by atoms with Crippen LogP contribution >= 0.6 is 22.4 Å². The topological polar surface area (TPSA) is 34.1 Å². The fourth-order valence-corrected chi connectivity index (χ4v) is 2.99. The van der Waals surface area contributed by atoms with Gasteiger partial charge >= 0.3 is 0 Å². The molecule has 0 aromatic carbocycles. The first kappa shape index (κ1) is 10.4. The lowest BCUT2D eigenvalue weighted by molar-refractivity contribution is 0.606. The molecule has 0 saturated carbocycles. The third-order valence-corrected chi connectivity index (χ3v) is 3.81. The Kier molecular flexibility index (Phi) is 3.93. The Morgan fingerprint density at radius 1 is 1.58 bits per heavy atom. The Bertz CT molecular complexity index is 253. The van der Waals surface area contributed by atoms with Crippen LogP contribution < -0.4 is 0 Å². The zero-order chi connectivity index (χ0) is 9.03. The molecule has 1 unspecified atom stereocenters. The third-order valence-electron chi connectivity index (χ3n) is 1.75. The molecule has 0 aromatic rings. The van der Waals surface area contributed by atoms with Gasteiger partial charge in [0, 0.05) is 16.1 Å². The second kappa shape index (κ2) is 4.53. The first-order valence-corrected chi connectivity index (χ1v) is 7.29. The van der Waals surface area contributed by atoms with E-state index in [9.17, 15) is 8.42 Å². The highest BCUT2D eigenvalue weighted by atomic mass is 35.7. The van der Waals surface area contributed by atoms with Gasteiger partial charge in [-0.05, 0) is 30.3 Å². The van der Waals surface area contributed by atoms with E-state index in [1.807, 2.05) is 11.8 Å². The lowest BCUT2D eigenvalue weighted by Gasteiger charge is -2.00. The first-order chi connectivity index (χ1) is 5.58. The molecule has 1 aliphatic heterocycles. The van der Waals surface area contributed by atoms with Crippen LogP contribution in [0.3, 0.4) is 0 Å². The van der Waals surface area contributed by atoms with Crippen LogP contribution in [-0.2, 0) is 9.05 Å². The predicted octanol–water partition coefficient (Wildman–Crippen LogP) is 2.21. The van der Waals surface area contributed by atoms with Crippen LogP contribution in [0.1, 0.15) is 12.8 Å². The molecule has 0 radical (unpaired) electrons. The summed E-state index contributed by atoms with van der Waals surface area (Å²) in [4.78, 5) is 0. The number of hydrogen-bond donors (Lipinski definition) is 0. The summed E-state index contributed by atoms with van der Waals surface area (Å²) in [6.07, 6.45) is 3.68. The second-order valence-corrected chi connectivity index (χ2v) is 6.48. The van der Waals surface area contributed by atoms with Crippen molar-refractivity contribution in [2.24, 2.45) is 5.92 Å². The molecule has 1 saturated heterocycles. The molecule has 1 atom stereocenters. The van der Waals surface area contributed by atoms with E-state index < -0.39 is 9.05 Å². The highest BCUT2D eigenvalue weighted by Crippen LogP contribution is 2.26. The highest BCUT2D eigenvalue weighted by Gasteiger charge is 2.13. The van der Waals surface area contributed by atoms with Gasteiger partial charge in [0.2, 0.25) is 0 Å². The van der Waals surface area contributed by atoms with Crippen molar-refractivity contribution >= 4 is 31.5 Å². The van der Waals surface area contributed by atoms with Crippen LogP contribution in [0.5, 0.6) is 0 Å². The van der Waals surface area contributed by atoms with Crippen molar-refractivity contribution in [3.63, 3.8) is 0 Å². The monoisotopic (exact) mass is 226 g/mol. The van der Waals surface area contributed by atoms with Gasteiger partial charge in [-0.3, -0.25) is 0 Å². The fraction of sp³-hybridized carbons (Fsp3) is 0.714. The van der Waals surface area contributed by atoms with E-state index in [0.29, 0.717) is 5.92 Å². The molecule has 0 aliphatic carbocycles. The zero-order valence-electron chi connectivity index (χ0n) is 6.57. The Morgan fingerprint density at radius 2 is 2.33 bits per heavy atom. The van der Waals surface area contributed by atoms with E-state index in [4.69, 9.17) is 10.7 Å². The van der Waals surface area contributed by atoms with Crippen LogP contribution in [-0.4, -0.2) is 19.9 Å². The molecule has 5 heteroatoms. The van der Waals surface area contributed by atoms with Crippen molar-refractivity contribution < 1.29 is 8.42 Å². The maximum atomic E-state index is 10.5. The van der Waals surface area contributed by atoms with Crippen molar-refractivity contribution in [3.05, 3.63) is 11.5 Å². The lowest BCUT2D eigenvalue weighted by Crippen LogP contribution is -1.94. The number of halogens is 1. The summed E-state index contributed by atoms with van der Waals surface area (Å²) in [6.45, 7) is 0. The van der Waals surface area contributed by atoms with Crippen LogP contribution in [0.15, 0.2) is 11.5 Å². The van der Waals surface area contributed by atoms with Gasteiger partial charge in [-0.25, -0.2) is 8.42 Å². The van der Waals surface area contributed by atoms with E-state index in [1.165, 1.54) is 12.2 Å². The molecule has 1 fully saturated rings. The van der Waals surface area contributed by atoms with Crippen molar-refractivity contribution in [3.8, 4) is 0 Å². The number of allylic oxidation sites excluding steroid dienone is 1. The summed E-state index contributed by atoms with van der Waals surface area (Å²) in [5.74, 6) is 2.99. The third kappa shape index (κ3) is 4.38. The summed E-state index contributed by atoms with van der Waals surface area (Å²) >= 11 is 1.92. The van der Waals surface area contributed by atoms with Crippen LogP contribution in [0, 0.1) is 5.92 Å². The first-order valence-electron chi connectivity index (χ1n) is 3.77. The molecule has 0 aromatic heterocycles. The zero-order valence-corrected chi connectivity index (χ0v) is 8.96. The number of rotatable bonds is 3. The maximum Gasteiger partial charge on any atom is 0.254 e. The summed E-state index contributed by atoms with van der Waals surface area (Å²) in [5, 5.41) is 1.08. The van der Waals surface area contributed by atoms with Gasteiger partial charge in [-0.1, -0.05) is 6.08 Å². The van der Waals surface area contributed by atoms with Crippen molar-refractivity contribution in [2.75, 3.05) is 11.5 Å². The molecule has 1 heterocycles. The van der Waals surface area contributed by atoms with Gasteiger partial charge < -0.3 is 0 Å². The Hall–Kier alpha value is 0.330. The second-order valence-electron chi connectivity index (χ2n) is 2.81. The van der Waals surface area contributed by atoms with E-state index in [1.54, 1.807) is 6.08 Å². The van der Waals surface area contributed by atoms with E-state index in [0.717, 1.165) is 17.6 Å². The van der Waals surface area contributed by atoms with E-state index >= 15 is 0 Å². The molecule has 1 rings (SSSR count). The largest absolute Gasteiger partial charge is 0.254 e. The average molecular weight is 227 g/mol. The molecule has 1 aliphatic rings. The summed E-state index contributed by atoms with van der Waals surface area (Å²) in [7, 11) is 1.57. The maximum absolute atomic E-state index is 10.5. The van der Waals surface area contributed by atoms with E-state index in [-0.39, 0.29) is 0 Å². The Morgan fingerprint density at radius 3 is 2.83 bits per heavy atom. The fourth-order valence-electron chi connectivity index (χ4n) is 1.13. The quantitative estimate of drug-likeness (QED) is 0.692. The molecular weight excluding hydrogens is 216 g/mol. The molecule has 0 spiro atoms. The summed E-state index contributed by atoms with van der Waals surface area (Å²) in [6, 6.07) is 0. The van der Waals surface area contributed by atoms with Gasteiger partial charge in [-0.15, -0.1) is 0 Å². The normalized spacial score (nSPS) is 25.2. The molecule has 0 N–H and O–H groups in total. The summed E-state index contributed by atoms with van der Waals surface area (Å²) < 4.78 is 21.0. The average Bonchev–Trinajstić information content (AvgIpc) is 2.36. The van der Waals surface area contributed by atoms with Crippen molar-refractivity contribution in [1.29, 1.82) is 0 Å². The van der Waals surface area contributed by atoms with Gasteiger partial charge in [-0.2, -0.15) is 11.8 Å². The van der Waals surface area contributed by atoms with Crippen LogP contribution in [0.2, 0.25) is 0 Å². The number of thioether (sulfide) groups is 1. The predicted molar refractivity (Wildman–Crippen MR) is 54.0 cm³/mol.